The highest BCUT2D eigenvalue weighted by molar-refractivity contribution is 7.81. The molecule has 1 aliphatic rings. The zero-order valence-electron chi connectivity index (χ0n) is 7.78. The van der Waals surface area contributed by atoms with Gasteiger partial charge in [-0.05, 0) is 18.2 Å². The molecule has 1 heterocycles. The van der Waals surface area contributed by atoms with E-state index < -0.39 is 5.82 Å². The van der Waals surface area contributed by atoms with Gasteiger partial charge in [0.25, 0.3) is 0 Å². The van der Waals surface area contributed by atoms with Crippen LogP contribution in [0.2, 0.25) is 5.02 Å². The molecular formula is C10H9ClFNOS. The molecule has 0 radical (unpaired) electrons. The van der Waals surface area contributed by atoms with E-state index in [-0.39, 0.29) is 16.2 Å². The van der Waals surface area contributed by atoms with Crippen LogP contribution in [0.1, 0.15) is 6.42 Å². The third-order valence-electron chi connectivity index (χ3n) is 2.32. The highest BCUT2D eigenvalue weighted by Crippen LogP contribution is 2.27. The van der Waals surface area contributed by atoms with E-state index in [1.807, 2.05) is 0 Å². The standard InChI is InChI=1S/C10H9ClFNOS/c11-8-3-6(1-2-9(8)12)13-5-7(15)4-10(13)14/h1-3,7,15H,4-5H2. The monoisotopic (exact) mass is 245 g/mol. The molecule has 1 aliphatic heterocycles. The van der Waals surface area contributed by atoms with Crippen molar-refractivity contribution in [1.82, 2.24) is 0 Å². The van der Waals surface area contributed by atoms with Gasteiger partial charge in [0.1, 0.15) is 5.82 Å². The largest absolute Gasteiger partial charge is 0.311 e. The summed E-state index contributed by atoms with van der Waals surface area (Å²) in [6.07, 6.45) is 0.415. The first-order chi connectivity index (χ1) is 7.08. The summed E-state index contributed by atoms with van der Waals surface area (Å²) in [7, 11) is 0. The molecule has 2 rings (SSSR count). The Balaban J connectivity index is 2.30. The van der Waals surface area contributed by atoms with Crippen molar-refractivity contribution in [1.29, 1.82) is 0 Å². The second-order valence-electron chi connectivity index (χ2n) is 3.46. The number of carbonyl (C=O) groups is 1. The fraction of sp³-hybridized carbons (Fsp3) is 0.300. The number of hydrogen-bond donors (Lipinski definition) is 1. The predicted octanol–water partition coefficient (Wildman–Crippen LogP) is 2.51. The van der Waals surface area contributed by atoms with Crippen LogP contribution in [-0.2, 0) is 4.79 Å². The Bertz CT molecular complexity index is 412. The first-order valence-electron chi connectivity index (χ1n) is 4.51. The van der Waals surface area contributed by atoms with Gasteiger partial charge in [0.15, 0.2) is 0 Å². The van der Waals surface area contributed by atoms with Gasteiger partial charge in [0, 0.05) is 23.9 Å². The van der Waals surface area contributed by atoms with Crippen molar-refractivity contribution in [3.05, 3.63) is 29.0 Å². The number of rotatable bonds is 1. The van der Waals surface area contributed by atoms with Gasteiger partial charge in [-0.15, -0.1) is 0 Å². The fourth-order valence-electron chi connectivity index (χ4n) is 1.59. The van der Waals surface area contributed by atoms with Crippen molar-refractivity contribution in [3.63, 3.8) is 0 Å². The molecule has 1 unspecified atom stereocenters. The molecule has 0 saturated carbocycles. The number of benzene rings is 1. The van der Waals surface area contributed by atoms with E-state index in [9.17, 15) is 9.18 Å². The molecule has 80 valence electrons. The second kappa shape index (κ2) is 4.02. The van der Waals surface area contributed by atoms with E-state index >= 15 is 0 Å². The summed E-state index contributed by atoms with van der Waals surface area (Å²) in [5.41, 5.74) is 0.628. The van der Waals surface area contributed by atoms with E-state index in [1.54, 1.807) is 11.0 Å². The fourth-order valence-corrected chi connectivity index (χ4v) is 2.09. The molecule has 15 heavy (non-hydrogen) atoms. The quantitative estimate of drug-likeness (QED) is 0.754. The maximum Gasteiger partial charge on any atom is 0.228 e. The molecule has 1 aromatic rings. The minimum atomic E-state index is -0.477. The van der Waals surface area contributed by atoms with Gasteiger partial charge in [-0.1, -0.05) is 11.6 Å². The molecular weight excluding hydrogens is 237 g/mol. The minimum Gasteiger partial charge on any atom is -0.311 e. The van der Waals surface area contributed by atoms with Gasteiger partial charge in [-0.25, -0.2) is 4.39 Å². The van der Waals surface area contributed by atoms with Crippen LogP contribution in [0.5, 0.6) is 0 Å². The SMILES string of the molecule is O=C1CC(S)CN1c1ccc(F)c(Cl)c1. The molecule has 0 bridgehead atoms. The number of carbonyl (C=O) groups excluding carboxylic acids is 1. The lowest BCUT2D eigenvalue weighted by molar-refractivity contribution is -0.117. The van der Waals surface area contributed by atoms with Crippen LogP contribution < -0.4 is 4.90 Å². The van der Waals surface area contributed by atoms with Crippen molar-refractivity contribution in [2.75, 3.05) is 11.4 Å². The van der Waals surface area contributed by atoms with Crippen LogP contribution in [0, 0.1) is 5.82 Å². The van der Waals surface area contributed by atoms with Crippen LogP contribution in [0.25, 0.3) is 0 Å². The molecule has 0 aromatic heterocycles. The molecule has 1 aromatic carbocycles. The second-order valence-corrected chi connectivity index (χ2v) is 4.60. The van der Waals surface area contributed by atoms with Crippen molar-refractivity contribution >= 4 is 35.8 Å². The number of nitrogens with zero attached hydrogens (tertiary/aromatic N) is 1. The van der Waals surface area contributed by atoms with Gasteiger partial charge in [0.2, 0.25) is 5.91 Å². The van der Waals surface area contributed by atoms with E-state index in [0.29, 0.717) is 18.7 Å². The average Bonchev–Trinajstić information content (AvgIpc) is 2.50. The smallest absolute Gasteiger partial charge is 0.228 e. The zero-order valence-corrected chi connectivity index (χ0v) is 9.43. The molecule has 5 heteroatoms. The summed E-state index contributed by atoms with van der Waals surface area (Å²) < 4.78 is 12.9. The van der Waals surface area contributed by atoms with E-state index in [2.05, 4.69) is 12.6 Å². The van der Waals surface area contributed by atoms with Crippen molar-refractivity contribution in [2.45, 2.75) is 11.7 Å². The van der Waals surface area contributed by atoms with Gasteiger partial charge < -0.3 is 4.90 Å². The van der Waals surface area contributed by atoms with Crippen LogP contribution in [-0.4, -0.2) is 17.7 Å². The first-order valence-corrected chi connectivity index (χ1v) is 5.41. The molecule has 2 nitrogen and oxygen atoms in total. The van der Waals surface area contributed by atoms with Gasteiger partial charge >= 0.3 is 0 Å². The highest BCUT2D eigenvalue weighted by atomic mass is 35.5. The normalized spacial score (nSPS) is 21.1. The number of anilines is 1. The van der Waals surface area contributed by atoms with E-state index in [4.69, 9.17) is 11.6 Å². The van der Waals surface area contributed by atoms with Crippen molar-refractivity contribution in [3.8, 4) is 0 Å². The van der Waals surface area contributed by atoms with Crippen molar-refractivity contribution in [2.24, 2.45) is 0 Å². The lowest BCUT2D eigenvalue weighted by Gasteiger charge is -2.16. The Kier molecular flexibility index (Phi) is 2.89. The van der Waals surface area contributed by atoms with E-state index in [1.165, 1.54) is 12.1 Å². The molecule has 0 N–H and O–H groups in total. The number of thiol groups is 1. The maximum atomic E-state index is 12.9. The first kappa shape index (κ1) is 10.8. The number of halogens is 2. The molecule has 0 spiro atoms. The van der Waals surface area contributed by atoms with Gasteiger partial charge in [0.05, 0.1) is 5.02 Å². The molecule has 0 aliphatic carbocycles. The van der Waals surface area contributed by atoms with Crippen LogP contribution in [0.15, 0.2) is 18.2 Å². The lowest BCUT2D eigenvalue weighted by Crippen LogP contribution is -2.24. The number of amides is 1. The molecule has 1 atom stereocenters. The van der Waals surface area contributed by atoms with Crippen LogP contribution >= 0.6 is 24.2 Å². The summed E-state index contributed by atoms with van der Waals surface area (Å²) in [5, 5.41) is 0.0734. The summed E-state index contributed by atoms with van der Waals surface area (Å²) in [5.74, 6) is -0.479. The zero-order chi connectivity index (χ0) is 11.0. The third-order valence-corrected chi connectivity index (χ3v) is 2.95. The summed E-state index contributed by atoms with van der Waals surface area (Å²) in [4.78, 5) is 13.1. The lowest BCUT2D eigenvalue weighted by atomic mass is 10.3. The highest BCUT2D eigenvalue weighted by Gasteiger charge is 2.28. The van der Waals surface area contributed by atoms with Gasteiger partial charge in [-0.3, -0.25) is 4.79 Å². The topological polar surface area (TPSA) is 20.3 Å². The van der Waals surface area contributed by atoms with E-state index in [0.717, 1.165) is 0 Å². The average molecular weight is 246 g/mol. The summed E-state index contributed by atoms with van der Waals surface area (Å²) in [6.45, 7) is 0.546. The predicted molar refractivity (Wildman–Crippen MR) is 61.2 cm³/mol. The molecule has 1 amide bonds. The summed E-state index contributed by atoms with van der Waals surface area (Å²) in [6, 6.07) is 4.27. The van der Waals surface area contributed by atoms with Crippen molar-refractivity contribution < 1.29 is 9.18 Å². The Morgan fingerprint density at radius 2 is 2.27 bits per heavy atom. The number of hydrogen-bond acceptors (Lipinski definition) is 2. The van der Waals surface area contributed by atoms with Crippen LogP contribution in [0.3, 0.4) is 0 Å². The Morgan fingerprint density at radius 1 is 1.53 bits per heavy atom. The van der Waals surface area contributed by atoms with Crippen LogP contribution in [0.4, 0.5) is 10.1 Å². The van der Waals surface area contributed by atoms with Gasteiger partial charge in [-0.2, -0.15) is 12.6 Å². The molecule has 1 fully saturated rings. The minimum absolute atomic E-state index is 0.00215. The third kappa shape index (κ3) is 2.11. The Labute approximate surface area is 97.4 Å². The Hall–Kier alpha value is -0.740. The maximum absolute atomic E-state index is 12.9. The molecule has 1 saturated heterocycles. The summed E-state index contributed by atoms with van der Waals surface area (Å²) >= 11 is 9.88. The Morgan fingerprint density at radius 3 is 2.80 bits per heavy atom.